The van der Waals surface area contributed by atoms with Crippen LogP contribution in [0.2, 0.25) is 0 Å². The maximum atomic E-state index is 13.7. The van der Waals surface area contributed by atoms with Gasteiger partial charge in [0.1, 0.15) is 29.9 Å². The molecule has 1 aliphatic heterocycles. The van der Waals surface area contributed by atoms with Gasteiger partial charge < -0.3 is 30.2 Å². The van der Waals surface area contributed by atoms with Crippen molar-refractivity contribution in [3.63, 3.8) is 0 Å². The van der Waals surface area contributed by atoms with Crippen molar-refractivity contribution in [3.05, 3.63) is 150 Å². The Balaban J connectivity index is 1.17. The van der Waals surface area contributed by atoms with Gasteiger partial charge in [0.25, 0.3) is 11.8 Å². The number of hydrogen-bond donors (Lipinski definition) is 3. The highest BCUT2D eigenvalue weighted by Crippen LogP contribution is 2.38. The second-order valence-corrected chi connectivity index (χ2v) is 12.3. The lowest BCUT2D eigenvalue weighted by molar-refractivity contribution is -0.116. The quantitative estimate of drug-likeness (QED) is 0.0910. The molecule has 1 heterocycles. The Bertz CT molecular complexity index is 1970. The van der Waals surface area contributed by atoms with E-state index in [9.17, 15) is 14.4 Å². The van der Waals surface area contributed by atoms with Crippen LogP contribution < -0.4 is 30.2 Å². The lowest BCUT2D eigenvalue weighted by Crippen LogP contribution is -2.30. The number of nitrogens with one attached hydrogen (secondary N) is 3. The lowest BCUT2D eigenvalue weighted by Gasteiger charge is -2.20. The third-order valence-corrected chi connectivity index (χ3v) is 8.81. The normalized spacial score (nSPS) is 12.7. The largest absolute Gasteiger partial charge is 0.494 e. The van der Waals surface area contributed by atoms with Crippen LogP contribution >= 0.6 is 11.8 Å². The number of carbonyl (C=O) groups excluding carboxylic acids is 3. The van der Waals surface area contributed by atoms with Gasteiger partial charge >= 0.3 is 0 Å². The summed E-state index contributed by atoms with van der Waals surface area (Å²) >= 11 is 1.38. The third kappa shape index (κ3) is 8.91. The zero-order valence-corrected chi connectivity index (χ0v) is 28.1. The molecule has 5 aromatic rings. The number of anilines is 2. The summed E-state index contributed by atoms with van der Waals surface area (Å²) < 4.78 is 16.8. The first-order valence-electron chi connectivity index (χ1n) is 16.1. The maximum absolute atomic E-state index is 13.7. The Morgan fingerprint density at radius 3 is 2.12 bits per heavy atom. The molecule has 1 atom stereocenters. The predicted molar refractivity (Wildman–Crippen MR) is 196 cm³/mol. The molecule has 0 fully saturated rings. The van der Waals surface area contributed by atoms with Crippen LogP contribution in [0.15, 0.2) is 138 Å². The van der Waals surface area contributed by atoms with E-state index in [2.05, 4.69) is 16.0 Å². The van der Waals surface area contributed by atoms with Gasteiger partial charge in [-0.2, -0.15) is 0 Å². The molecule has 6 rings (SSSR count). The van der Waals surface area contributed by atoms with Crippen LogP contribution in [0.3, 0.4) is 0 Å². The molecule has 1 unspecified atom stereocenters. The van der Waals surface area contributed by atoms with E-state index in [1.165, 1.54) is 11.8 Å². The van der Waals surface area contributed by atoms with Crippen molar-refractivity contribution >= 4 is 46.9 Å². The summed E-state index contributed by atoms with van der Waals surface area (Å²) in [6.45, 7) is 3.38. The number of rotatable bonds is 12. The lowest BCUT2D eigenvalue weighted by atomic mass is 10.1. The molecule has 1 aliphatic rings. The molecule has 0 spiro atoms. The van der Waals surface area contributed by atoms with E-state index >= 15 is 0 Å². The highest BCUT2D eigenvalue weighted by Gasteiger charge is 2.23. The summed E-state index contributed by atoms with van der Waals surface area (Å²) in [5, 5.41) is 8.10. The third-order valence-electron chi connectivity index (χ3n) is 7.55. The first kappa shape index (κ1) is 33.9. The molecule has 5 aromatic carbocycles. The smallest absolute Gasteiger partial charge is 0.272 e. The molecule has 10 heteroatoms. The summed E-state index contributed by atoms with van der Waals surface area (Å²) in [7, 11) is 0. The molecular formula is C40H35N3O6S. The zero-order valence-electron chi connectivity index (χ0n) is 27.3. The average Bonchev–Trinajstić information content (AvgIpc) is 3.15. The maximum Gasteiger partial charge on any atom is 0.272 e. The molecule has 3 N–H and O–H groups in total. The molecule has 252 valence electrons. The van der Waals surface area contributed by atoms with Crippen molar-refractivity contribution in [2.24, 2.45) is 0 Å². The van der Waals surface area contributed by atoms with Gasteiger partial charge in [-0.1, -0.05) is 60.7 Å². The van der Waals surface area contributed by atoms with Crippen molar-refractivity contribution in [2.45, 2.75) is 17.1 Å². The van der Waals surface area contributed by atoms with Gasteiger partial charge in [0, 0.05) is 27.9 Å². The van der Waals surface area contributed by atoms with Crippen molar-refractivity contribution in [2.75, 3.05) is 30.5 Å². The molecule has 0 aliphatic carbocycles. The van der Waals surface area contributed by atoms with Crippen LogP contribution in [0.1, 0.15) is 33.7 Å². The summed E-state index contributed by atoms with van der Waals surface area (Å²) in [4.78, 5) is 41.1. The van der Waals surface area contributed by atoms with Crippen LogP contribution in [0.5, 0.6) is 17.2 Å². The number of amides is 3. The van der Waals surface area contributed by atoms with Gasteiger partial charge in [-0.05, 0) is 84.8 Å². The fraction of sp³-hybridized carbons (Fsp3) is 0.125. The fourth-order valence-corrected chi connectivity index (χ4v) is 6.14. The second-order valence-electron chi connectivity index (χ2n) is 11.1. The molecule has 9 nitrogen and oxygen atoms in total. The van der Waals surface area contributed by atoms with Gasteiger partial charge in [-0.3, -0.25) is 14.4 Å². The Morgan fingerprint density at radius 1 is 0.760 bits per heavy atom. The highest BCUT2D eigenvalue weighted by atomic mass is 32.2. The number of thioether (sulfide) groups is 1. The summed E-state index contributed by atoms with van der Waals surface area (Å²) in [6, 6.07) is 38.0. The van der Waals surface area contributed by atoms with E-state index in [0.29, 0.717) is 59.6 Å². The Morgan fingerprint density at radius 2 is 1.42 bits per heavy atom. The minimum Gasteiger partial charge on any atom is -0.494 e. The van der Waals surface area contributed by atoms with Crippen molar-refractivity contribution in [3.8, 4) is 17.2 Å². The zero-order chi connectivity index (χ0) is 34.7. The molecule has 50 heavy (non-hydrogen) atoms. The Kier molecular flexibility index (Phi) is 11.1. The second kappa shape index (κ2) is 16.4. The van der Waals surface area contributed by atoms with E-state index < -0.39 is 17.1 Å². The number of hydrogen-bond acceptors (Lipinski definition) is 7. The minimum atomic E-state index is -0.568. The number of carbonyl (C=O) groups is 3. The van der Waals surface area contributed by atoms with E-state index in [0.717, 1.165) is 10.5 Å². The molecule has 0 saturated heterocycles. The van der Waals surface area contributed by atoms with Gasteiger partial charge in [0.05, 0.1) is 6.61 Å². The summed E-state index contributed by atoms with van der Waals surface area (Å²) in [5.74, 6) is 0.835. The van der Waals surface area contributed by atoms with Crippen LogP contribution in [-0.4, -0.2) is 37.5 Å². The van der Waals surface area contributed by atoms with Gasteiger partial charge in [0.2, 0.25) is 5.91 Å². The standard InChI is InChI=1S/C40H35N3O6S/c1-2-47-32-18-13-27(14-19-32)25-34(43-38(44)29-11-7-4-8-12-29)39(45)41-30-15-20-33(21-16-30)50-37(28-9-5-3-6-10-28)40(46)42-31-17-22-35-36(26-31)49-24-23-48-35/h3-22,25-26,37H,2,23-24H2,1H3,(H,41,45)(H,42,46)(H,43,44)/b34-25-. The van der Waals surface area contributed by atoms with E-state index in [4.69, 9.17) is 14.2 Å². The molecule has 0 aromatic heterocycles. The minimum absolute atomic E-state index is 0.0708. The average molecular weight is 686 g/mol. The summed E-state index contributed by atoms with van der Waals surface area (Å²) in [5.41, 5.74) is 3.16. The fourth-order valence-electron chi connectivity index (χ4n) is 5.12. The summed E-state index contributed by atoms with van der Waals surface area (Å²) in [6.07, 6.45) is 1.61. The van der Waals surface area contributed by atoms with Gasteiger partial charge in [-0.15, -0.1) is 11.8 Å². The number of fused-ring (bicyclic) bond motifs is 1. The van der Waals surface area contributed by atoms with Crippen molar-refractivity contribution < 1.29 is 28.6 Å². The predicted octanol–water partition coefficient (Wildman–Crippen LogP) is 7.74. The Labute approximate surface area is 294 Å². The first-order chi connectivity index (χ1) is 24.4. The topological polar surface area (TPSA) is 115 Å². The van der Waals surface area contributed by atoms with E-state index in [1.807, 2.05) is 67.6 Å². The molecule has 0 saturated carbocycles. The molecule has 0 bridgehead atoms. The number of benzene rings is 5. The van der Waals surface area contributed by atoms with Gasteiger partial charge in [-0.25, -0.2) is 0 Å². The SMILES string of the molecule is CCOc1ccc(/C=C(\NC(=O)c2ccccc2)C(=O)Nc2ccc(SC(C(=O)Nc3ccc4c(c3)OCCO4)c3ccccc3)cc2)cc1. The molecule has 3 amide bonds. The van der Waals surface area contributed by atoms with Crippen LogP contribution in [0, 0.1) is 0 Å². The molecule has 0 radical (unpaired) electrons. The van der Waals surface area contributed by atoms with E-state index in [1.54, 1.807) is 72.8 Å². The van der Waals surface area contributed by atoms with Crippen LogP contribution in [0.25, 0.3) is 6.08 Å². The Hall–Kier alpha value is -6.00. The van der Waals surface area contributed by atoms with Crippen molar-refractivity contribution in [1.82, 2.24) is 5.32 Å². The van der Waals surface area contributed by atoms with E-state index in [-0.39, 0.29) is 11.6 Å². The first-order valence-corrected chi connectivity index (χ1v) is 17.0. The van der Waals surface area contributed by atoms with Crippen LogP contribution in [0.4, 0.5) is 11.4 Å². The van der Waals surface area contributed by atoms with Gasteiger partial charge in [0.15, 0.2) is 11.5 Å². The van der Waals surface area contributed by atoms with Crippen molar-refractivity contribution in [1.29, 1.82) is 0 Å². The molecular weight excluding hydrogens is 651 g/mol. The monoisotopic (exact) mass is 685 g/mol. The van der Waals surface area contributed by atoms with Crippen LogP contribution in [-0.2, 0) is 9.59 Å². The highest BCUT2D eigenvalue weighted by molar-refractivity contribution is 8.00. The number of ether oxygens (including phenoxy) is 3.